The van der Waals surface area contributed by atoms with Crippen molar-refractivity contribution in [3.05, 3.63) is 94.2 Å². The highest BCUT2D eigenvalue weighted by atomic mass is 35.5. The van der Waals surface area contributed by atoms with E-state index in [0.717, 1.165) is 18.9 Å². The molecule has 1 fully saturated rings. The quantitative estimate of drug-likeness (QED) is 0.216. The summed E-state index contributed by atoms with van der Waals surface area (Å²) in [7, 11) is 0. The van der Waals surface area contributed by atoms with Gasteiger partial charge in [0.05, 0.1) is 51.1 Å². The Bertz CT molecular complexity index is 1720. The van der Waals surface area contributed by atoms with Crippen molar-refractivity contribution >= 4 is 39.6 Å². The van der Waals surface area contributed by atoms with Crippen molar-refractivity contribution in [1.82, 2.24) is 30.9 Å². The maximum Gasteiger partial charge on any atom is 0.221 e. The van der Waals surface area contributed by atoms with Crippen molar-refractivity contribution in [1.29, 1.82) is 5.26 Å². The predicted molar refractivity (Wildman–Crippen MR) is 143 cm³/mol. The van der Waals surface area contributed by atoms with Crippen LogP contribution in [-0.2, 0) is 0 Å². The van der Waals surface area contributed by atoms with Gasteiger partial charge >= 0.3 is 0 Å². The normalized spacial score (nSPS) is 15.4. The predicted octanol–water partition coefficient (Wildman–Crippen LogP) is 5.50. The number of halogens is 4. The number of fused-ring (bicyclic) bond motifs is 1. The van der Waals surface area contributed by atoms with Gasteiger partial charge in [-0.15, -0.1) is 5.53 Å². The number of nitrogens with one attached hydrogen (secondary N) is 4. The minimum Gasteiger partial charge on any atom is -0.373 e. The second kappa shape index (κ2) is 10.2. The fraction of sp³-hybridized carbons (Fsp3) is 0.185. The molecule has 2 aliphatic rings. The Balaban J connectivity index is 1.44. The number of hydrogen-bond acceptors (Lipinski definition) is 9. The summed E-state index contributed by atoms with van der Waals surface area (Å²) in [6, 6.07) is 8.58. The Labute approximate surface area is 231 Å². The fourth-order valence-corrected chi connectivity index (χ4v) is 4.72. The van der Waals surface area contributed by atoms with E-state index in [-0.39, 0.29) is 21.8 Å². The SMILES string of the molecule is Cc1ncc(Nc2c(C#N)cnc3c(Cl)cc(N[C@H](C4=CN(C5CC5)NN4)c4ccc(F)nc4F)cc23)cc1F. The number of nitriles is 1. The molecule has 1 saturated carbocycles. The zero-order valence-electron chi connectivity index (χ0n) is 20.9. The maximum atomic E-state index is 14.9. The second-order valence-corrected chi connectivity index (χ2v) is 9.89. The molecule has 4 heterocycles. The summed E-state index contributed by atoms with van der Waals surface area (Å²) in [6.45, 7) is 1.54. The lowest BCUT2D eigenvalue weighted by atomic mass is 10.0. The molecule has 4 aromatic rings. The van der Waals surface area contributed by atoms with Gasteiger partial charge in [-0.3, -0.25) is 15.0 Å². The van der Waals surface area contributed by atoms with Crippen molar-refractivity contribution in [3.63, 3.8) is 0 Å². The number of aromatic nitrogens is 3. The fourth-order valence-electron chi connectivity index (χ4n) is 4.45. The van der Waals surface area contributed by atoms with Gasteiger partial charge < -0.3 is 16.1 Å². The zero-order valence-corrected chi connectivity index (χ0v) is 21.7. The molecule has 0 radical (unpaired) electrons. The molecule has 202 valence electrons. The number of benzene rings is 1. The first-order valence-corrected chi connectivity index (χ1v) is 12.7. The van der Waals surface area contributed by atoms with E-state index in [1.54, 1.807) is 19.1 Å². The highest BCUT2D eigenvalue weighted by Gasteiger charge is 2.33. The number of rotatable bonds is 7. The molecule has 1 aromatic carbocycles. The second-order valence-electron chi connectivity index (χ2n) is 9.48. The van der Waals surface area contributed by atoms with Crippen LogP contribution < -0.4 is 21.6 Å². The molecule has 0 saturated heterocycles. The smallest absolute Gasteiger partial charge is 0.221 e. The Hall–Kier alpha value is -4.60. The minimum atomic E-state index is -0.971. The summed E-state index contributed by atoms with van der Waals surface area (Å²) in [6.07, 6.45) is 6.69. The molecule has 9 nitrogen and oxygen atoms in total. The van der Waals surface area contributed by atoms with Gasteiger partial charge in [0.15, 0.2) is 0 Å². The molecular weight excluding hydrogens is 543 g/mol. The molecule has 13 heteroatoms. The lowest BCUT2D eigenvalue weighted by Gasteiger charge is -2.22. The van der Waals surface area contributed by atoms with E-state index >= 15 is 0 Å². The van der Waals surface area contributed by atoms with Gasteiger partial charge in [-0.05, 0) is 44.0 Å². The highest BCUT2D eigenvalue weighted by Crippen LogP contribution is 2.38. The third-order valence-electron chi connectivity index (χ3n) is 6.66. The van der Waals surface area contributed by atoms with Crippen LogP contribution in [0.1, 0.15) is 35.7 Å². The summed E-state index contributed by atoms with van der Waals surface area (Å²) < 4.78 is 42.8. The molecule has 1 aliphatic heterocycles. The summed E-state index contributed by atoms with van der Waals surface area (Å²) in [5, 5.41) is 18.7. The average Bonchev–Trinajstić information content (AvgIpc) is 3.66. The summed E-state index contributed by atoms with van der Waals surface area (Å²) in [5.41, 5.74) is 8.70. The van der Waals surface area contributed by atoms with E-state index in [1.807, 2.05) is 11.2 Å². The van der Waals surface area contributed by atoms with Crippen LogP contribution in [0.15, 0.2) is 54.6 Å². The van der Waals surface area contributed by atoms with E-state index in [2.05, 4.69) is 42.6 Å². The van der Waals surface area contributed by atoms with Crippen LogP contribution in [0.25, 0.3) is 10.9 Å². The van der Waals surface area contributed by atoms with Gasteiger partial charge in [-0.25, -0.2) is 4.39 Å². The van der Waals surface area contributed by atoms with Gasteiger partial charge in [-0.1, -0.05) is 11.6 Å². The monoisotopic (exact) mass is 563 g/mol. The summed E-state index contributed by atoms with van der Waals surface area (Å²) >= 11 is 6.62. The third-order valence-corrected chi connectivity index (χ3v) is 6.95. The number of anilines is 3. The van der Waals surface area contributed by atoms with Crippen LogP contribution in [-0.4, -0.2) is 26.0 Å². The third kappa shape index (κ3) is 4.92. The molecule has 0 unspecified atom stereocenters. The van der Waals surface area contributed by atoms with E-state index in [1.165, 1.54) is 24.5 Å². The minimum absolute atomic E-state index is 0.0965. The topological polar surface area (TPSA) is 114 Å². The van der Waals surface area contributed by atoms with E-state index in [0.29, 0.717) is 39.7 Å². The first kappa shape index (κ1) is 25.7. The Morgan fingerprint density at radius 3 is 2.67 bits per heavy atom. The Morgan fingerprint density at radius 2 is 1.95 bits per heavy atom. The molecule has 6 rings (SSSR count). The van der Waals surface area contributed by atoms with Crippen LogP contribution in [0, 0.1) is 36.0 Å². The lowest BCUT2D eigenvalue weighted by Crippen LogP contribution is -2.38. The van der Waals surface area contributed by atoms with E-state index in [4.69, 9.17) is 11.6 Å². The molecular formula is C27H21ClF3N9. The van der Waals surface area contributed by atoms with Gasteiger partial charge in [0.25, 0.3) is 0 Å². The Kier molecular flexibility index (Phi) is 6.53. The molecule has 1 atom stereocenters. The van der Waals surface area contributed by atoms with Crippen molar-refractivity contribution in [2.45, 2.75) is 31.8 Å². The van der Waals surface area contributed by atoms with E-state index in [9.17, 15) is 18.4 Å². The van der Waals surface area contributed by atoms with Gasteiger partial charge in [0, 0.05) is 41.1 Å². The summed E-state index contributed by atoms with van der Waals surface area (Å²) in [5.74, 6) is -2.42. The summed E-state index contributed by atoms with van der Waals surface area (Å²) in [4.78, 5) is 11.7. The van der Waals surface area contributed by atoms with Crippen LogP contribution >= 0.6 is 11.6 Å². The Morgan fingerprint density at radius 1 is 1.12 bits per heavy atom. The van der Waals surface area contributed by atoms with Crippen molar-refractivity contribution in [2.24, 2.45) is 0 Å². The molecule has 0 bridgehead atoms. The van der Waals surface area contributed by atoms with Crippen LogP contribution in [0.2, 0.25) is 5.02 Å². The van der Waals surface area contributed by atoms with Crippen molar-refractivity contribution < 1.29 is 13.2 Å². The van der Waals surface area contributed by atoms with Gasteiger partial charge in [-0.2, -0.15) is 19.0 Å². The molecule has 1 aliphatic carbocycles. The van der Waals surface area contributed by atoms with Crippen molar-refractivity contribution in [3.8, 4) is 6.07 Å². The number of aryl methyl sites for hydroxylation is 1. The lowest BCUT2D eigenvalue weighted by molar-refractivity contribution is 0.260. The average molecular weight is 564 g/mol. The van der Waals surface area contributed by atoms with Gasteiger partial charge in [0.2, 0.25) is 11.9 Å². The first-order valence-electron chi connectivity index (χ1n) is 12.3. The van der Waals surface area contributed by atoms with Crippen LogP contribution in [0.4, 0.5) is 30.2 Å². The number of pyridine rings is 3. The molecule has 3 aromatic heterocycles. The number of nitrogens with zero attached hydrogens (tertiary/aromatic N) is 5. The molecule has 0 spiro atoms. The highest BCUT2D eigenvalue weighted by molar-refractivity contribution is 6.36. The largest absolute Gasteiger partial charge is 0.373 e. The number of hydrogen-bond donors (Lipinski definition) is 4. The molecule has 0 amide bonds. The van der Waals surface area contributed by atoms with Crippen LogP contribution in [0.3, 0.4) is 0 Å². The number of hydrazine groups is 2. The van der Waals surface area contributed by atoms with E-state index < -0.39 is 23.8 Å². The zero-order chi connectivity index (χ0) is 28.0. The van der Waals surface area contributed by atoms with Crippen LogP contribution in [0.5, 0.6) is 0 Å². The standard InChI is InChI=1S/C27H21ClF3N9/c1-13-21(29)8-16(11-33-13)36-24-14(9-32)10-34-25-19(24)6-15(7-20(25)28)35-26(18-4-5-23(30)37-27(18)31)22-12-40(39-38-22)17-2-3-17/h4-8,10-12,17,26,35,38-39H,2-3H2,1H3,(H,34,36)/t26-/m0/s1. The molecule has 4 N–H and O–H groups in total. The van der Waals surface area contributed by atoms with Gasteiger partial charge in [0.1, 0.15) is 11.9 Å². The first-order chi connectivity index (χ1) is 19.3. The van der Waals surface area contributed by atoms with Crippen molar-refractivity contribution in [2.75, 3.05) is 10.6 Å². The molecule has 40 heavy (non-hydrogen) atoms. The maximum absolute atomic E-state index is 14.9.